The number of rotatable bonds is 3. The SMILES string of the molecule is CC(C(=O)O)C(=O)Nc1ccc(Br)c(Cl)c1Cl. The Kier molecular flexibility index (Phi) is 4.80. The van der Waals surface area contributed by atoms with Gasteiger partial charge in [-0.2, -0.15) is 0 Å². The molecule has 2 N–H and O–H groups in total. The van der Waals surface area contributed by atoms with Crippen LogP contribution in [0, 0.1) is 5.92 Å². The molecule has 4 nitrogen and oxygen atoms in total. The molecule has 0 heterocycles. The molecule has 92 valence electrons. The van der Waals surface area contributed by atoms with Gasteiger partial charge in [0, 0.05) is 4.47 Å². The van der Waals surface area contributed by atoms with Gasteiger partial charge in [0.15, 0.2) is 0 Å². The Morgan fingerprint density at radius 1 is 1.35 bits per heavy atom. The van der Waals surface area contributed by atoms with Gasteiger partial charge in [-0.1, -0.05) is 23.2 Å². The molecule has 0 radical (unpaired) electrons. The fourth-order valence-corrected chi connectivity index (χ4v) is 1.80. The molecule has 0 fully saturated rings. The topological polar surface area (TPSA) is 66.4 Å². The molecule has 0 aliphatic rings. The lowest BCUT2D eigenvalue weighted by molar-refractivity contribution is -0.144. The maximum Gasteiger partial charge on any atom is 0.315 e. The molecule has 1 amide bonds. The second kappa shape index (κ2) is 5.71. The summed E-state index contributed by atoms with van der Waals surface area (Å²) in [7, 11) is 0. The molecular formula is C10H8BrCl2NO3. The molecular weight excluding hydrogens is 333 g/mol. The smallest absolute Gasteiger partial charge is 0.315 e. The molecule has 0 aliphatic heterocycles. The largest absolute Gasteiger partial charge is 0.481 e. The zero-order chi connectivity index (χ0) is 13.2. The fraction of sp³-hybridized carbons (Fsp3) is 0.200. The van der Waals surface area contributed by atoms with Crippen molar-refractivity contribution in [3.8, 4) is 0 Å². The van der Waals surface area contributed by atoms with Gasteiger partial charge in [-0.3, -0.25) is 9.59 Å². The average Bonchev–Trinajstić information content (AvgIpc) is 2.28. The number of hydrogen-bond donors (Lipinski definition) is 2. The third-order valence-electron chi connectivity index (χ3n) is 2.06. The maximum atomic E-state index is 11.5. The molecule has 0 aromatic heterocycles. The second-order valence-corrected chi connectivity index (χ2v) is 4.88. The molecule has 1 unspecified atom stereocenters. The van der Waals surface area contributed by atoms with Gasteiger partial charge in [0.25, 0.3) is 0 Å². The molecule has 0 spiro atoms. The van der Waals surface area contributed by atoms with E-state index < -0.39 is 17.8 Å². The number of carbonyl (C=O) groups excluding carboxylic acids is 1. The van der Waals surface area contributed by atoms with Gasteiger partial charge in [-0.15, -0.1) is 0 Å². The highest BCUT2D eigenvalue weighted by molar-refractivity contribution is 9.10. The second-order valence-electron chi connectivity index (χ2n) is 3.27. The van der Waals surface area contributed by atoms with Crippen LogP contribution >= 0.6 is 39.1 Å². The van der Waals surface area contributed by atoms with E-state index in [1.807, 2.05) is 0 Å². The minimum Gasteiger partial charge on any atom is -0.481 e. The van der Waals surface area contributed by atoms with E-state index in [1.54, 1.807) is 6.07 Å². The van der Waals surface area contributed by atoms with E-state index in [0.29, 0.717) is 4.47 Å². The standard InChI is InChI=1S/C10H8BrCl2NO3/c1-4(10(16)17)9(15)14-6-3-2-5(11)7(12)8(6)13/h2-4H,1H3,(H,14,15)(H,16,17). The summed E-state index contributed by atoms with van der Waals surface area (Å²) in [6.07, 6.45) is 0. The predicted molar refractivity (Wildman–Crippen MR) is 69.6 cm³/mol. The van der Waals surface area contributed by atoms with Crippen molar-refractivity contribution >= 4 is 56.7 Å². The van der Waals surface area contributed by atoms with E-state index in [4.69, 9.17) is 28.3 Å². The van der Waals surface area contributed by atoms with Crippen LogP contribution in [0.3, 0.4) is 0 Å². The Labute approximate surface area is 116 Å². The molecule has 0 aliphatic carbocycles. The number of amides is 1. The first-order chi connectivity index (χ1) is 7.84. The monoisotopic (exact) mass is 339 g/mol. The Balaban J connectivity index is 2.94. The summed E-state index contributed by atoms with van der Waals surface area (Å²) < 4.78 is 0.591. The number of hydrogen-bond acceptors (Lipinski definition) is 2. The lowest BCUT2D eigenvalue weighted by atomic mass is 10.1. The quantitative estimate of drug-likeness (QED) is 0.654. The first-order valence-electron chi connectivity index (χ1n) is 4.51. The fourth-order valence-electron chi connectivity index (χ4n) is 0.976. The third kappa shape index (κ3) is 3.34. The molecule has 1 rings (SSSR count). The van der Waals surface area contributed by atoms with Crippen molar-refractivity contribution in [2.75, 3.05) is 5.32 Å². The lowest BCUT2D eigenvalue weighted by Crippen LogP contribution is -2.27. The highest BCUT2D eigenvalue weighted by Crippen LogP contribution is 2.35. The minimum atomic E-state index is -1.21. The van der Waals surface area contributed by atoms with Crippen LogP contribution in [-0.4, -0.2) is 17.0 Å². The first kappa shape index (κ1) is 14.3. The molecule has 1 atom stereocenters. The summed E-state index contributed by atoms with van der Waals surface area (Å²) in [6.45, 7) is 1.28. The van der Waals surface area contributed by atoms with Crippen LogP contribution in [0.15, 0.2) is 16.6 Å². The summed E-state index contributed by atoms with van der Waals surface area (Å²) in [5.74, 6) is -3.02. The van der Waals surface area contributed by atoms with Gasteiger partial charge >= 0.3 is 5.97 Å². The van der Waals surface area contributed by atoms with Crippen molar-refractivity contribution in [1.82, 2.24) is 0 Å². The Morgan fingerprint density at radius 2 is 1.94 bits per heavy atom. The highest BCUT2D eigenvalue weighted by Gasteiger charge is 2.21. The summed E-state index contributed by atoms with van der Waals surface area (Å²) in [6, 6.07) is 3.14. The van der Waals surface area contributed by atoms with Crippen LogP contribution < -0.4 is 5.32 Å². The Morgan fingerprint density at radius 3 is 2.47 bits per heavy atom. The summed E-state index contributed by atoms with van der Waals surface area (Å²) in [5, 5.41) is 11.5. The number of nitrogens with one attached hydrogen (secondary N) is 1. The molecule has 1 aromatic carbocycles. The summed E-state index contributed by atoms with van der Waals surface area (Å²) in [4.78, 5) is 22.1. The van der Waals surface area contributed by atoms with Crippen LogP contribution in [-0.2, 0) is 9.59 Å². The number of carboxylic acids is 1. The number of halogens is 3. The van der Waals surface area contributed by atoms with Crippen molar-refractivity contribution in [3.63, 3.8) is 0 Å². The third-order valence-corrected chi connectivity index (χ3v) is 3.83. The number of benzene rings is 1. The minimum absolute atomic E-state index is 0.159. The van der Waals surface area contributed by atoms with Crippen molar-refractivity contribution in [1.29, 1.82) is 0 Å². The van der Waals surface area contributed by atoms with E-state index in [2.05, 4.69) is 21.2 Å². The van der Waals surface area contributed by atoms with Gasteiger partial charge in [0.2, 0.25) is 5.91 Å². The predicted octanol–water partition coefficient (Wildman–Crippen LogP) is 3.42. The van der Waals surface area contributed by atoms with E-state index in [9.17, 15) is 9.59 Å². The van der Waals surface area contributed by atoms with E-state index >= 15 is 0 Å². The summed E-state index contributed by atoms with van der Waals surface area (Å²) >= 11 is 14.9. The van der Waals surface area contributed by atoms with Crippen LogP contribution in [0.1, 0.15) is 6.92 Å². The molecule has 1 aromatic rings. The lowest BCUT2D eigenvalue weighted by Gasteiger charge is -2.11. The maximum absolute atomic E-state index is 11.5. The van der Waals surface area contributed by atoms with Crippen molar-refractivity contribution in [2.45, 2.75) is 6.92 Å². The zero-order valence-corrected chi connectivity index (χ0v) is 11.7. The Hall–Kier alpha value is -0.780. The zero-order valence-electron chi connectivity index (χ0n) is 8.63. The summed E-state index contributed by atoms with van der Waals surface area (Å²) in [5.41, 5.74) is 0.276. The number of carbonyl (C=O) groups is 2. The average molecular weight is 341 g/mol. The van der Waals surface area contributed by atoms with Crippen molar-refractivity contribution in [2.24, 2.45) is 5.92 Å². The van der Waals surface area contributed by atoms with Crippen LogP contribution in [0.4, 0.5) is 5.69 Å². The van der Waals surface area contributed by atoms with Gasteiger partial charge in [0.05, 0.1) is 15.7 Å². The van der Waals surface area contributed by atoms with Crippen LogP contribution in [0.5, 0.6) is 0 Å². The molecule has 0 saturated carbocycles. The molecule has 0 saturated heterocycles. The van der Waals surface area contributed by atoms with Crippen LogP contribution in [0.2, 0.25) is 10.0 Å². The normalized spacial score (nSPS) is 12.0. The van der Waals surface area contributed by atoms with E-state index in [1.165, 1.54) is 13.0 Å². The molecule has 0 bridgehead atoms. The van der Waals surface area contributed by atoms with Gasteiger partial charge in [0.1, 0.15) is 5.92 Å². The number of carboxylic acid groups (broad SMARTS) is 1. The van der Waals surface area contributed by atoms with Crippen molar-refractivity contribution < 1.29 is 14.7 Å². The number of aliphatic carboxylic acids is 1. The van der Waals surface area contributed by atoms with Gasteiger partial charge in [-0.05, 0) is 35.0 Å². The van der Waals surface area contributed by atoms with Gasteiger partial charge < -0.3 is 10.4 Å². The Bertz CT molecular complexity index is 479. The van der Waals surface area contributed by atoms with Gasteiger partial charge in [-0.25, -0.2) is 0 Å². The van der Waals surface area contributed by atoms with E-state index in [0.717, 1.165) is 0 Å². The highest BCUT2D eigenvalue weighted by atomic mass is 79.9. The molecule has 7 heteroatoms. The van der Waals surface area contributed by atoms with E-state index in [-0.39, 0.29) is 15.7 Å². The number of anilines is 1. The first-order valence-corrected chi connectivity index (χ1v) is 6.06. The molecule has 17 heavy (non-hydrogen) atoms. The van der Waals surface area contributed by atoms with Crippen LogP contribution in [0.25, 0.3) is 0 Å². The van der Waals surface area contributed by atoms with Crippen molar-refractivity contribution in [3.05, 3.63) is 26.7 Å².